The van der Waals surface area contributed by atoms with E-state index in [9.17, 15) is 0 Å². The first-order chi connectivity index (χ1) is 7.19. The van der Waals surface area contributed by atoms with E-state index in [2.05, 4.69) is 40.7 Å². The minimum atomic E-state index is 0.670. The van der Waals surface area contributed by atoms with E-state index in [-0.39, 0.29) is 0 Å². The van der Waals surface area contributed by atoms with Crippen molar-refractivity contribution < 1.29 is 0 Å². The minimum absolute atomic E-state index is 0.670. The second kappa shape index (κ2) is 6.50. The third kappa shape index (κ3) is 4.53. The van der Waals surface area contributed by atoms with Crippen LogP contribution >= 0.6 is 15.9 Å². The SMILES string of the molecule is CC(C)C(CBr)CN(CCC#N)C1CC1. The summed E-state index contributed by atoms with van der Waals surface area (Å²) in [5, 5.41) is 9.70. The molecule has 0 aliphatic heterocycles. The first-order valence-electron chi connectivity index (χ1n) is 5.86. The lowest BCUT2D eigenvalue weighted by Crippen LogP contribution is -2.35. The summed E-state index contributed by atoms with van der Waals surface area (Å²) in [7, 11) is 0. The summed E-state index contributed by atoms with van der Waals surface area (Å²) in [4.78, 5) is 2.51. The minimum Gasteiger partial charge on any atom is -0.299 e. The van der Waals surface area contributed by atoms with Crippen LogP contribution < -0.4 is 0 Å². The van der Waals surface area contributed by atoms with Gasteiger partial charge in [-0.05, 0) is 24.7 Å². The molecule has 86 valence electrons. The highest BCUT2D eigenvalue weighted by molar-refractivity contribution is 9.09. The molecule has 1 saturated carbocycles. The van der Waals surface area contributed by atoms with Gasteiger partial charge in [0.05, 0.1) is 6.07 Å². The Balaban J connectivity index is 2.38. The van der Waals surface area contributed by atoms with E-state index < -0.39 is 0 Å². The monoisotopic (exact) mass is 272 g/mol. The van der Waals surface area contributed by atoms with E-state index in [1.807, 2.05) is 0 Å². The molecule has 1 aliphatic rings. The van der Waals surface area contributed by atoms with Crippen molar-refractivity contribution in [1.29, 1.82) is 5.26 Å². The molecule has 0 amide bonds. The molecule has 2 nitrogen and oxygen atoms in total. The van der Waals surface area contributed by atoms with Crippen molar-refractivity contribution >= 4 is 15.9 Å². The van der Waals surface area contributed by atoms with Crippen LogP contribution in [0.25, 0.3) is 0 Å². The normalized spacial score (nSPS) is 18.1. The van der Waals surface area contributed by atoms with Gasteiger partial charge in [0.25, 0.3) is 0 Å². The molecule has 1 aliphatic carbocycles. The summed E-state index contributed by atoms with van der Waals surface area (Å²) in [6.45, 7) is 6.66. The van der Waals surface area contributed by atoms with Crippen LogP contribution in [0.1, 0.15) is 33.1 Å². The van der Waals surface area contributed by atoms with Gasteiger partial charge in [-0.3, -0.25) is 4.90 Å². The fourth-order valence-corrected chi connectivity index (χ4v) is 2.75. The van der Waals surface area contributed by atoms with Gasteiger partial charge < -0.3 is 0 Å². The van der Waals surface area contributed by atoms with Gasteiger partial charge in [0.15, 0.2) is 0 Å². The smallest absolute Gasteiger partial charge is 0.0635 e. The number of halogens is 1. The number of hydrogen-bond acceptors (Lipinski definition) is 2. The predicted molar refractivity (Wildman–Crippen MR) is 66.9 cm³/mol. The molecule has 1 fully saturated rings. The van der Waals surface area contributed by atoms with Crippen LogP contribution in [0.15, 0.2) is 0 Å². The third-order valence-electron chi connectivity index (χ3n) is 3.18. The van der Waals surface area contributed by atoms with Crippen LogP contribution in [0.3, 0.4) is 0 Å². The van der Waals surface area contributed by atoms with E-state index in [1.165, 1.54) is 12.8 Å². The molecular weight excluding hydrogens is 252 g/mol. The Morgan fingerprint density at radius 2 is 2.13 bits per heavy atom. The predicted octanol–water partition coefficient (Wildman–Crippen LogP) is 3.03. The molecule has 1 atom stereocenters. The summed E-state index contributed by atoms with van der Waals surface area (Å²) < 4.78 is 0. The molecule has 0 saturated heterocycles. The largest absolute Gasteiger partial charge is 0.299 e. The van der Waals surface area contributed by atoms with Crippen LogP contribution in [0.5, 0.6) is 0 Å². The molecule has 0 spiro atoms. The molecule has 0 radical (unpaired) electrons. The van der Waals surface area contributed by atoms with Gasteiger partial charge in [0.1, 0.15) is 0 Å². The van der Waals surface area contributed by atoms with Crippen LogP contribution in [0, 0.1) is 23.2 Å². The van der Waals surface area contributed by atoms with E-state index in [0.717, 1.165) is 24.5 Å². The average molecular weight is 273 g/mol. The lowest BCUT2D eigenvalue weighted by Gasteiger charge is -2.28. The van der Waals surface area contributed by atoms with Gasteiger partial charge in [0, 0.05) is 30.9 Å². The Morgan fingerprint density at radius 1 is 1.47 bits per heavy atom. The van der Waals surface area contributed by atoms with Crippen molar-refractivity contribution in [1.82, 2.24) is 4.90 Å². The zero-order valence-corrected chi connectivity index (χ0v) is 11.3. The highest BCUT2D eigenvalue weighted by atomic mass is 79.9. The molecule has 15 heavy (non-hydrogen) atoms. The first-order valence-corrected chi connectivity index (χ1v) is 6.98. The van der Waals surface area contributed by atoms with E-state index in [0.29, 0.717) is 18.3 Å². The van der Waals surface area contributed by atoms with Crippen LogP contribution in [-0.2, 0) is 0 Å². The Labute approximate surface area is 102 Å². The van der Waals surface area contributed by atoms with Gasteiger partial charge in [-0.1, -0.05) is 29.8 Å². The number of nitrogens with zero attached hydrogens (tertiary/aromatic N) is 2. The highest BCUT2D eigenvalue weighted by Gasteiger charge is 2.30. The maximum atomic E-state index is 8.63. The lowest BCUT2D eigenvalue weighted by molar-refractivity contribution is 0.210. The third-order valence-corrected chi connectivity index (χ3v) is 4.02. The van der Waals surface area contributed by atoms with Crippen LogP contribution in [0.2, 0.25) is 0 Å². The number of rotatable bonds is 7. The second-order valence-electron chi connectivity index (χ2n) is 4.79. The topological polar surface area (TPSA) is 27.0 Å². The zero-order chi connectivity index (χ0) is 11.3. The summed E-state index contributed by atoms with van der Waals surface area (Å²) in [6.07, 6.45) is 3.33. The highest BCUT2D eigenvalue weighted by Crippen LogP contribution is 2.29. The summed E-state index contributed by atoms with van der Waals surface area (Å²) in [5.41, 5.74) is 0. The van der Waals surface area contributed by atoms with Gasteiger partial charge in [-0.25, -0.2) is 0 Å². The van der Waals surface area contributed by atoms with Gasteiger partial charge in [-0.2, -0.15) is 5.26 Å². The van der Waals surface area contributed by atoms with Crippen LogP contribution in [0.4, 0.5) is 0 Å². The van der Waals surface area contributed by atoms with Crippen molar-refractivity contribution in [2.45, 2.75) is 39.2 Å². The van der Waals surface area contributed by atoms with E-state index >= 15 is 0 Å². The van der Waals surface area contributed by atoms with Crippen molar-refractivity contribution in [3.05, 3.63) is 0 Å². The Kier molecular flexibility index (Phi) is 5.63. The van der Waals surface area contributed by atoms with E-state index in [4.69, 9.17) is 5.26 Å². The molecule has 0 aromatic carbocycles. The molecule has 0 aromatic rings. The Morgan fingerprint density at radius 3 is 2.53 bits per heavy atom. The molecule has 3 heteroatoms. The molecule has 0 heterocycles. The fraction of sp³-hybridized carbons (Fsp3) is 0.917. The van der Waals surface area contributed by atoms with Crippen molar-refractivity contribution in [2.24, 2.45) is 11.8 Å². The Hall–Kier alpha value is -0.0700. The Bertz CT molecular complexity index is 218. The summed E-state index contributed by atoms with van der Waals surface area (Å²) >= 11 is 3.59. The van der Waals surface area contributed by atoms with Gasteiger partial charge >= 0.3 is 0 Å². The number of hydrogen-bond donors (Lipinski definition) is 0. The van der Waals surface area contributed by atoms with Gasteiger partial charge in [0.2, 0.25) is 0 Å². The fourth-order valence-electron chi connectivity index (χ4n) is 1.80. The quantitative estimate of drug-likeness (QED) is 0.667. The summed E-state index contributed by atoms with van der Waals surface area (Å²) in [5.74, 6) is 1.43. The average Bonchev–Trinajstić information content (AvgIpc) is 3.01. The van der Waals surface area contributed by atoms with Gasteiger partial charge in [-0.15, -0.1) is 0 Å². The maximum Gasteiger partial charge on any atom is 0.0635 e. The molecular formula is C12H21BrN2. The summed E-state index contributed by atoms with van der Waals surface area (Å²) in [6, 6.07) is 3.02. The zero-order valence-electron chi connectivity index (χ0n) is 9.75. The standard InChI is InChI=1S/C12H21BrN2/c1-10(2)11(8-13)9-15(7-3-6-14)12-4-5-12/h10-12H,3-5,7-9H2,1-2H3. The first kappa shape index (κ1) is 13.0. The second-order valence-corrected chi connectivity index (χ2v) is 5.44. The molecule has 1 rings (SSSR count). The molecule has 1 unspecified atom stereocenters. The van der Waals surface area contributed by atoms with Crippen molar-refractivity contribution in [3.8, 4) is 6.07 Å². The molecule has 0 bridgehead atoms. The van der Waals surface area contributed by atoms with Crippen molar-refractivity contribution in [3.63, 3.8) is 0 Å². The molecule has 0 N–H and O–H groups in total. The number of alkyl halides is 1. The number of nitriles is 1. The maximum absolute atomic E-state index is 8.63. The lowest BCUT2D eigenvalue weighted by atomic mass is 9.97. The van der Waals surface area contributed by atoms with Crippen molar-refractivity contribution in [2.75, 3.05) is 18.4 Å². The molecule has 0 aromatic heterocycles. The van der Waals surface area contributed by atoms with E-state index in [1.54, 1.807) is 0 Å². The van der Waals surface area contributed by atoms with Crippen LogP contribution in [-0.4, -0.2) is 29.4 Å².